The monoisotopic (exact) mass is 451 g/mol. The summed E-state index contributed by atoms with van der Waals surface area (Å²) >= 11 is 0. The molecule has 0 atom stereocenters. The number of methoxy groups -OCH3 is 2. The van der Waals surface area contributed by atoms with Gasteiger partial charge in [-0.3, -0.25) is 4.79 Å². The number of carbonyl (C=O) groups excluding carboxylic acids is 2. The van der Waals surface area contributed by atoms with E-state index in [0.717, 1.165) is 0 Å². The summed E-state index contributed by atoms with van der Waals surface area (Å²) in [6.45, 7) is 0.0974. The zero-order valence-corrected chi connectivity index (χ0v) is 18.4. The van der Waals surface area contributed by atoms with Crippen molar-refractivity contribution in [3.63, 3.8) is 0 Å². The number of anilines is 1. The predicted molar refractivity (Wildman–Crippen MR) is 122 cm³/mol. The van der Waals surface area contributed by atoms with Crippen LogP contribution in [-0.4, -0.2) is 45.9 Å². The fourth-order valence-electron chi connectivity index (χ4n) is 2.82. The fraction of sp³-hybridized carbons (Fsp3) is 0.200. The van der Waals surface area contributed by atoms with Crippen molar-refractivity contribution < 1.29 is 33.3 Å². The van der Waals surface area contributed by atoms with Crippen LogP contribution in [0.1, 0.15) is 10.4 Å². The molecule has 8 nitrogen and oxygen atoms in total. The molecule has 3 aromatic rings. The molecule has 33 heavy (non-hydrogen) atoms. The maximum Gasteiger partial charge on any atom is 0.338 e. The summed E-state index contributed by atoms with van der Waals surface area (Å²) in [4.78, 5) is 24.5. The minimum atomic E-state index is -0.520. The van der Waals surface area contributed by atoms with Crippen LogP contribution >= 0.6 is 0 Å². The Kier molecular flexibility index (Phi) is 8.53. The minimum Gasteiger partial charge on any atom is -0.497 e. The lowest BCUT2D eigenvalue weighted by molar-refractivity contribution is -0.118. The van der Waals surface area contributed by atoms with Gasteiger partial charge in [0.25, 0.3) is 5.91 Å². The van der Waals surface area contributed by atoms with E-state index in [4.69, 9.17) is 23.7 Å². The number of esters is 1. The normalized spacial score (nSPS) is 10.1. The molecule has 0 saturated heterocycles. The van der Waals surface area contributed by atoms with Gasteiger partial charge in [-0.2, -0.15) is 0 Å². The Bertz CT molecular complexity index is 1050. The first-order valence-electron chi connectivity index (χ1n) is 10.2. The molecule has 0 aliphatic carbocycles. The molecule has 0 aliphatic rings. The number of hydrogen-bond acceptors (Lipinski definition) is 7. The number of carbonyl (C=O) groups is 2. The van der Waals surface area contributed by atoms with Gasteiger partial charge in [0.15, 0.2) is 18.1 Å². The SMILES string of the molecule is COc1ccc(NC(=O)COc2ccc(C(=O)OCCOc3ccccc3)cc2OC)cc1. The lowest BCUT2D eigenvalue weighted by atomic mass is 10.2. The Morgan fingerprint density at radius 1 is 0.758 bits per heavy atom. The molecule has 0 fully saturated rings. The van der Waals surface area contributed by atoms with E-state index < -0.39 is 5.97 Å². The molecule has 0 saturated carbocycles. The number of amides is 1. The van der Waals surface area contributed by atoms with Crippen LogP contribution in [0.2, 0.25) is 0 Å². The Hall–Kier alpha value is -4.20. The highest BCUT2D eigenvalue weighted by Crippen LogP contribution is 2.28. The molecule has 172 valence electrons. The summed E-state index contributed by atoms with van der Waals surface area (Å²) in [5.41, 5.74) is 0.910. The van der Waals surface area contributed by atoms with Crippen molar-refractivity contribution in [1.29, 1.82) is 0 Å². The van der Waals surface area contributed by atoms with E-state index in [1.165, 1.54) is 13.2 Å². The number of nitrogens with one attached hydrogen (secondary N) is 1. The molecule has 0 aliphatic heterocycles. The van der Waals surface area contributed by atoms with Gasteiger partial charge in [-0.25, -0.2) is 4.79 Å². The average molecular weight is 451 g/mol. The van der Waals surface area contributed by atoms with Crippen molar-refractivity contribution in [2.75, 3.05) is 39.4 Å². The van der Waals surface area contributed by atoms with Gasteiger partial charge in [-0.1, -0.05) is 18.2 Å². The zero-order chi connectivity index (χ0) is 23.5. The number of hydrogen-bond donors (Lipinski definition) is 1. The van der Waals surface area contributed by atoms with Crippen molar-refractivity contribution in [3.8, 4) is 23.0 Å². The van der Waals surface area contributed by atoms with Gasteiger partial charge in [0, 0.05) is 5.69 Å². The molecular weight excluding hydrogens is 426 g/mol. The fourth-order valence-corrected chi connectivity index (χ4v) is 2.82. The number of para-hydroxylation sites is 1. The third kappa shape index (κ3) is 7.17. The van der Waals surface area contributed by atoms with Crippen LogP contribution < -0.4 is 24.3 Å². The van der Waals surface area contributed by atoms with Crippen molar-refractivity contribution >= 4 is 17.6 Å². The first-order chi connectivity index (χ1) is 16.1. The summed E-state index contributed by atoms with van der Waals surface area (Å²) < 4.78 is 26.7. The Balaban J connectivity index is 1.48. The first-order valence-corrected chi connectivity index (χ1v) is 10.2. The predicted octanol–water partition coefficient (Wildman–Crippen LogP) is 3.96. The van der Waals surface area contributed by atoms with Crippen LogP contribution in [0.5, 0.6) is 23.0 Å². The lowest BCUT2D eigenvalue weighted by Crippen LogP contribution is -2.20. The largest absolute Gasteiger partial charge is 0.497 e. The molecular formula is C25H25NO7. The average Bonchev–Trinajstić information content (AvgIpc) is 2.86. The Labute approximate surface area is 192 Å². The second kappa shape index (κ2) is 12.0. The van der Waals surface area contributed by atoms with E-state index in [9.17, 15) is 9.59 Å². The number of ether oxygens (including phenoxy) is 5. The molecule has 1 amide bonds. The van der Waals surface area contributed by atoms with Gasteiger partial charge in [-0.15, -0.1) is 0 Å². The minimum absolute atomic E-state index is 0.0970. The summed E-state index contributed by atoms with van der Waals surface area (Å²) in [5.74, 6) is 1.16. The number of rotatable bonds is 11. The van der Waals surface area contributed by atoms with Crippen molar-refractivity contribution in [2.45, 2.75) is 0 Å². The first kappa shape index (κ1) is 23.5. The van der Waals surface area contributed by atoms with E-state index in [0.29, 0.717) is 34.2 Å². The topological polar surface area (TPSA) is 92.3 Å². The second-order valence-electron chi connectivity index (χ2n) is 6.73. The van der Waals surface area contributed by atoms with Crippen LogP contribution in [-0.2, 0) is 9.53 Å². The highest BCUT2D eigenvalue weighted by Gasteiger charge is 2.14. The lowest BCUT2D eigenvalue weighted by Gasteiger charge is -2.12. The maximum atomic E-state index is 12.3. The smallest absolute Gasteiger partial charge is 0.338 e. The third-order valence-corrected chi connectivity index (χ3v) is 4.46. The van der Waals surface area contributed by atoms with Crippen LogP contribution in [0, 0.1) is 0 Å². The molecule has 3 rings (SSSR count). The van der Waals surface area contributed by atoms with Gasteiger partial charge in [0.2, 0.25) is 0 Å². The Morgan fingerprint density at radius 2 is 1.52 bits per heavy atom. The molecule has 0 unspecified atom stereocenters. The van der Waals surface area contributed by atoms with Crippen molar-refractivity contribution in [3.05, 3.63) is 78.4 Å². The van der Waals surface area contributed by atoms with Gasteiger partial charge in [-0.05, 0) is 54.6 Å². The molecule has 1 N–H and O–H groups in total. The van der Waals surface area contributed by atoms with Gasteiger partial charge in [0.1, 0.15) is 24.7 Å². The summed E-state index contributed by atoms with van der Waals surface area (Å²) in [5, 5.41) is 2.72. The van der Waals surface area contributed by atoms with E-state index in [-0.39, 0.29) is 25.7 Å². The highest BCUT2D eigenvalue weighted by molar-refractivity contribution is 5.92. The van der Waals surface area contributed by atoms with E-state index in [1.807, 2.05) is 30.3 Å². The highest BCUT2D eigenvalue weighted by atomic mass is 16.6. The summed E-state index contributed by atoms with van der Waals surface area (Å²) in [7, 11) is 3.02. The van der Waals surface area contributed by atoms with E-state index >= 15 is 0 Å². The van der Waals surface area contributed by atoms with Crippen LogP contribution in [0.15, 0.2) is 72.8 Å². The molecule has 0 heterocycles. The van der Waals surface area contributed by atoms with Crippen molar-refractivity contribution in [2.24, 2.45) is 0 Å². The molecule has 0 radical (unpaired) electrons. The molecule has 0 bridgehead atoms. The van der Waals surface area contributed by atoms with Crippen LogP contribution in [0.3, 0.4) is 0 Å². The molecule has 3 aromatic carbocycles. The van der Waals surface area contributed by atoms with E-state index in [1.54, 1.807) is 43.5 Å². The van der Waals surface area contributed by atoms with Crippen LogP contribution in [0.25, 0.3) is 0 Å². The van der Waals surface area contributed by atoms with Crippen LogP contribution in [0.4, 0.5) is 5.69 Å². The van der Waals surface area contributed by atoms with Gasteiger partial charge in [0.05, 0.1) is 19.8 Å². The van der Waals surface area contributed by atoms with Gasteiger partial charge >= 0.3 is 5.97 Å². The van der Waals surface area contributed by atoms with Gasteiger partial charge < -0.3 is 29.0 Å². The number of benzene rings is 3. The Morgan fingerprint density at radius 3 is 2.21 bits per heavy atom. The maximum absolute atomic E-state index is 12.3. The molecule has 0 spiro atoms. The van der Waals surface area contributed by atoms with Crippen molar-refractivity contribution in [1.82, 2.24) is 0 Å². The molecule has 8 heteroatoms. The quantitative estimate of drug-likeness (QED) is 0.348. The molecule has 0 aromatic heterocycles. The second-order valence-corrected chi connectivity index (χ2v) is 6.73. The summed E-state index contributed by atoms with van der Waals surface area (Å²) in [6.07, 6.45) is 0. The standard InChI is InChI=1S/C25H25NO7/c1-29-20-11-9-19(10-12-20)26-24(27)17-33-22-13-8-18(16-23(22)30-2)25(28)32-15-14-31-21-6-4-3-5-7-21/h3-13,16H,14-15,17H2,1-2H3,(H,26,27). The summed E-state index contributed by atoms with van der Waals surface area (Å²) in [6, 6.07) is 20.8. The zero-order valence-electron chi connectivity index (χ0n) is 18.4. The van der Waals surface area contributed by atoms with E-state index in [2.05, 4.69) is 5.32 Å². The third-order valence-electron chi connectivity index (χ3n) is 4.46.